The van der Waals surface area contributed by atoms with Crippen LogP contribution in [0.2, 0.25) is 0 Å². The first-order chi connectivity index (χ1) is 4.36. The van der Waals surface area contributed by atoms with Gasteiger partial charge in [-0.3, -0.25) is 4.79 Å². The van der Waals surface area contributed by atoms with E-state index >= 15 is 0 Å². The van der Waals surface area contributed by atoms with Gasteiger partial charge < -0.3 is 5.32 Å². The predicted molar refractivity (Wildman–Crippen MR) is 36.0 cm³/mol. The Morgan fingerprint density at radius 2 is 2.33 bits per heavy atom. The van der Waals surface area contributed by atoms with Crippen LogP contribution in [0.5, 0.6) is 0 Å². The van der Waals surface area contributed by atoms with Gasteiger partial charge in [-0.1, -0.05) is 13.3 Å². The SMILES string of the molecule is CCC1CC(NC=O)C1. The molecule has 2 heteroatoms. The van der Waals surface area contributed by atoms with Crippen molar-refractivity contribution in [3.8, 4) is 0 Å². The molecule has 0 bridgehead atoms. The highest BCUT2D eigenvalue weighted by Crippen LogP contribution is 2.29. The molecule has 0 saturated heterocycles. The molecule has 0 aromatic heterocycles. The maximum absolute atomic E-state index is 9.89. The van der Waals surface area contributed by atoms with E-state index in [4.69, 9.17) is 0 Å². The van der Waals surface area contributed by atoms with Gasteiger partial charge in [0.2, 0.25) is 6.41 Å². The van der Waals surface area contributed by atoms with E-state index in [1.807, 2.05) is 0 Å². The van der Waals surface area contributed by atoms with Crippen molar-refractivity contribution in [1.82, 2.24) is 5.32 Å². The highest BCUT2D eigenvalue weighted by molar-refractivity contribution is 5.46. The van der Waals surface area contributed by atoms with Crippen molar-refractivity contribution in [2.75, 3.05) is 0 Å². The Morgan fingerprint density at radius 1 is 1.67 bits per heavy atom. The van der Waals surface area contributed by atoms with E-state index in [0.29, 0.717) is 6.04 Å². The van der Waals surface area contributed by atoms with Gasteiger partial charge in [-0.25, -0.2) is 0 Å². The zero-order chi connectivity index (χ0) is 6.69. The number of carbonyl (C=O) groups excluding carboxylic acids is 1. The van der Waals surface area contributed by atoms with Crippen LogP contribution in [0.15, 0.2) is 0 Å². The highest BCUT2D eigenvalue weighted by Gasteiger charge is 2.26. The molecular formula is C7H13NO. The Kier molecular flexibility index (Phi) is 2.09. The fraction of sp³-hybridized carbons (Fsp3) is 0.857. The number of hydrogen-bond donors (Lipinski definition) is 1. The Labute approximate surface area is 55.6 Å². The fourth-order valence-corrected chi connectivity index (χ4v) is 1.30. The molecule has 0 heterocycles. The van der Waals surface area contributed by atoms with Crippen molar-refractivity contribution in [3.05, 3.63) is 0 Å². The largest absolute Gasteiger partial charge is 0.356 e. The molecule has 0 unspecified atom stereocenters. The van der Waals surface area contributed by atoms with Crippen LogP contribution < -0.4 is 5.32 Å². The topological polar surface area (TPSA) is 29.1 Å². The summed E-state index contributed by atoms with van der Waals surface area (Å²) in [5.74, 6) is 0.877. The van der Waals surface area contributed by atoms with E-state index in [9.17, 15) is 4.79 Å². The van der Waals surface area contributed by atoms with Crippen LogP contribution in [-0.2, 0) is 4.79 Å². The number of rotatable bonds is 3. The summed E-state index contributed by atoms with van der Waals surface area (Å²) in [4.78, 5) is 9.89. The molecule has 1 amide bonds. The number of nitrogens with one attached hydrogen (secondary N) is 1. The average molecular weight is 127 g/mol. The Bertz CT molecular complexity index is 97.1. The van der Waals surface area contributed by atoms with Crippen LogP contribution in [-0.4, -0.2) is 12.5 Å². The minimum atomic E-state index is 0.493. The molecule has 0 aliphatic heterocycles. The lowest BCUT2D eigenvalue weighted by Crippen LogP contribution is -2.40. The minimum Gasteiger partial charge on any atom is -0.356 e. The summed E-state index contributed by atoms with van der Waals surface area (Å²) in [6.45, 7) is 2.20. The van der Waals surface area contributed by atoms with Crippen molar-refractivity contribution in [2.24, 2.45) is 5.92 Å². The van der Waals surface area contributed by atoms with Gasteiger partial charge in [0.1, 0.15) is 0 Å². The molecule has 1 N–H and O–H groups in total. The van der Waals surface area contributed by atoms with Crippen LogP contribution in [0.3, 0.4) is 0 Å². The third kappa shape index (κ3) is 1.44. The molecular weight excluding hydrogens is 114 g/mol. The Hall–Kier alpha value is -0.530. The third-order valence-corrected chi connectivity index (χ3v) is 2.12. The van der Waals surface area contributed by atoms with Crippen molar-refractivity contribution in [3.63, 3.8) is 0 Å². The van der Waals surface area contributed by atoms with E-state index < -0.39 is 0 Å². The second-order valence-corrected chi connectivity index (χ2v) is 2.73. The molecule has 1 fully saturated rings. The lowest BCUT2D eigenvalue weighted by Gasteiger charge is -2.33. The van der Waals surface area contributed by atoms with Gasteiger partial charge in [-0.15, -0.1) is 0 Å². The number of carbonyl (C=O) groups is 1. The summed E-state index contributed by atoms with van der Waals surface area (Å²) < 4.78 is 0. The molecule has 52 valence electrons. The van der Waals surface area contributed by atoms with E-state index in [2.05, 4.69) is 12.2 Å². The van der Waals surface area contributed by atoms with Crippen LogP contribution in [0.1, 0.15) is 26.2 Å². The Balaban J connectivity index is 2.04. The molecule has 0 atom stereocenters. The van der Waals surface area contributed by atoms with Gasteiger partial charge in [0.15, 0.2) is 0 Å². The van der Waals surface area contributed by atoms with Crippen LogP contribution in [0.4, 0.5) is 0 Å². The average Bonchev–Trinajstić information content (AvgIpc) is 1.77. The van der Waals surface area contributed by atoms with Gasteiger partial charge in [0, 0.05) is 6.04 Å². The normalized spacial score (nSPS) is 33.0. The molecule has 1 aliphatic carbocycles. The second kappa shape index (κ2) is 2.85. The fourth-order valence-electron chi connectivity index (χ4n) is 1.30. The molecule has 9 heavy (non-hydrogen) atoms. The van der Waals surface area contributed by atoms with E-state index in [1.54, 1.807) is 0 Å². The predicted octanol–water partition coefficient (Wildman–Crippen LogP) is 0.921. The second-order valence-electron chi connectivity index (χ2n) is 2.73. The Morgan fingerprint density at radius 3 is 2.78 bits per heavy atom. The molecule has 0 radical (unpaired) electrons. The van der Waals surface area contributed by atoms with Crippen molar-refractivity contribution < 1.29 is 4.79 Å². The minimum absolute atomic E-state index is 0.493. The monoisotopic (exact) mass is 127 g/mol. The molecule has 1 rings (SSSR count). The lowest BCUT2D eigenvalue weighted by atomic mass is 9.79. The maximum atomic E-state index is 9.89. The van der Waals surface area contributed by atoms with Gasteiger partial charge in [0.05, 0.1) is 0 Å². The first-order valence-electron chi connectivity index (χ1n) is 3.56. The van der Waals surface area contributed by atoms with Gasteiger partial charge in [-0.05, 0) is 18.8 Å². The summed E-state index contributed by atoms with van der Waals surface area (Å²) in [7, 11) is 0. The third-order valence-electron chi connectivity index (χ3n) is 2.12. The summed E-state index contributed by atoms with van der Waals surface area (Å²) in [6.07, 6.45) is 4.44. The van der Waals surface area contributed by atoms with Crippen molar-refractivity contribution in [2.45, 2.75) is 32.2 Å². The maximum Gasteiger partial charge on any atom is 0.207 e. The summed E-state index contributed by atoms with van der Waals surface area (Å²) in [5, 5.41) is 2.77. The summed E-state index contributed by atoms with van der Waals surface area (Å²) in [5.41, 5.74) is 0. The quantitative estimate of drug-likeness (QED) is 0.561. The van der Waals surface area contributed by atoms with Gasteiger partial charge >= 0.3 is 0 Å². The zero-order valence-electron chi connectivity index (χ0n) is 5.76. The molecule has 2 nitrogen and oxygen atoms in total. The first-order valence-corrected chi connectivity index (χ1v) is 3.56. The zero-order valence-corrected chi connectivity index (χ0v) is 5.76. The van der Waals surface area contributed by atoms with Gasteiger partial charge in [-0.2, -0.15) is 0 Å². The molecule has 1 saturated carbocycles. The van der Waals surface area contributed by atoms with Crippen LogP contribution in [0.25, 0.3) is 0 Å². The molecule has 1 aliphatic rings. The first kappa shape index (κ1) is 6.59. The van der Waals surface area contributed by atoms with Crippen LogP contribution in [0, 0.1) is 5.92 Å². The molecule has 0 aromatic carbocycles. The van der Waals surface area contributed by atoms with Crippen LogP contribution >= 0.6 is 0 Å². The molecule has 0 aromatic rings. The van der Waals surface area contributed by atoms with Gasteiger partial charge in [0.25, 0.3) is 0 Å². The van der Waals surface area contributed by atoms with E-state index in [0.717, 1.165) is 12.3 Å². The summed E-state index contributed by atoms with van der Waals surface area (Å²) in [6, 6.07) is 0.493. The smallest absolute Gasteiger partial charge is 0.207 e. The standard InChI is InChI=1S/C7H13NO/c1-2-6-3-7(4-6)8-5-9/h5-7H,2-4H2,1H3,(H,8,9). The molecule has 0 spiro atoms. The van der Waals surface area contributed by atoms with Crippen molar-refractivity contribution in [1.29, 1.82) is 0 Å². The van der Waals surface area contributed by atoms with E-state index in [1.165, 1.54) is 19.3 Å². The summed E-state index contributed by atoms with van der Waals surface area (Å²) >= 11 is 0. The van der Waals surface area contributed by atoms with E-state index in [-0.39, 0.29) is 0 Å². The number of amides is 1. The number of hydrogen-bond acceptors (Lipinski definition) is 1. The highest BCUT2D eigenvalue weighted by atomic mass is 16.1. The van der Waals surface area contributed by atoms with Crippen molar-refractivity contribution >= 4 is 6.41 Å². The lowest BCUT2D eigenvalue weighted by molar-refractivity contribution is -0.110.